The molecule has 2 fully saturated rings. The van der Waals surface area contributed by atoms with Crippen LogP contribution in [0.1, 0.15) is 36.9 Å². The van der Waals surface area contributed by atoms with E-state index in [1.807, 2.05) is 10.9 Å². The SMILES string of the molecule is COCc1nc2c(-c3ccnn3C3CCCCO3)cc(N3CCOCC3)cn2c1C. The highest BCUT2D eigenvalue weighted by Crippen LogP contribution is 2.34. The maximum atomic E-state index is 6.04. The van der Waals surface area contributed by atoms with Crippen LogP contribution < -0.4 is 4.90 Å². The molecule has 8 heteroatoms. The smallest absolute Gasteiger partial charge is 0.150 e. The number of anilines is 1. The summed E-state index contributed by atoms with van der Waals surface area (Å²) in [6, 6.07) is 4.30. The molecule has 0 radical (unpaired) electrons. The Morgan fingerprint density at radius 3 is 2.83 bits per heavy atom. The zero-order valence-corrected chi connectivity index (χ0v) is 17.7. The molecule has 0 aliphatic carbocycles. The lowest BCUT2D eigenvalue weighted by Gasteiger charge is -2.29. The van der Waals surface area contributed by atoms with E-state index >= 15 is 0 Å². The molecule has 0 amide bonds. The number of aromatic nitrogens is 4. The van der Waals surface area contributed by atoms with E-state index in [0.29, 0.717) is 6.61 Å². The molecule has 3 aromatic heterocycles. The minimum absolute atomic E-state index is 0.0228. The van der Waals surface area contributed by atoms with Crippen molar-refractivity contribution in [1.29, 1.82) is 0 Å². The number of pyridine rings is 1. The second-order valence-electron chi connectivity index (χ2n) is 7.96. The molecular formula is C22H29N5O3. The van der Waals surface area contributed by atoms with Crippen LogP contribution in [-0.2, 0) is 20.8 Å². The number of hydrogen-bond acceptors (Lipinski definition) is 6. The van der Waals surface area contributed by atoms with Gasteiger partial charge in [0, 0.05) is 50.5 Å². The van der Waals surface area contributed by atoms with E-state index in [4.69, 9.17) is 19.2 Å². The van der Waals surface area contributed by atoms with Crippen LogP contribution in [0.25, 0.3) is 16.9 Å². The van der Waals surface area contributed by atoms with E-state index in [1.165, 1.54) is 5.69 Å². The van der Waals surface area contributed by atoms with Crippen molar-refractivity contribution in [2.24, 2.45) is 0 Å². The summed E-state index contributed by atoms with van der Waals surface area (Å²) in [5.74, 6) is 0. The van der Waals surface area contributed by atoms with E-state index in [1.54, 1.807) is 7.11 Å². The van der Waals surface area contributed by atoms with E-state index < -0.39 is 0 Å². The van der Waals surface area contributed by atoms with Gasteiger partial charge in [-0.3, -0.25) is 0 Å². The van der Waals surface area contributed by atoms with Gasteiger partial charge in [0.2, 0.25) is 0 Å². The first-order valence-corrected chi connectivity index (χ1v) is 10.7. The third-order valence-corrected chi connectivity index (χ3v) is 6.07. The van der Waals surface area contributed by atoms with Crippen LogP contribution in [-0.4, -0.2) is 59.2 Å². The molecule has 0 saturated carbocycles. The summed E-state index contributed by atoms with van der Waals surface area (Å²) in [6.07, 6.45) is 7.28. The molecule has 5 heterocycles. The summed E-state index contributed by atoms with van der Waals surface area (Å²) in [6.45, 7) is 6.64. The highest BCUT2D eigenvalue weighted by Gasteiger charge is 2.24. The lowest BCUT2D eigenvalue weighted by atomic mass is 10.1. The molecule has 1 unspecified atom stereocenters. The number of imidazole rings is 1. The first-order valence-electron chi connectivity index (χ1n) is 10.7. The predicted molar refractivity (Wildman–Crippen MR) is 114 cm³/mol. The Kier molecular flexibility index (Phi) is 5.45. The van der Waals surface area contributed by atoms with E-state index in [9.17, 15) is 0 Å². The summed E-state index contributed by atoms with van der Waals surface area (Å²) >= 11 is 0. The molecule has 1 atom stereocenters. The van der Waals surface area contributed by atoms with Crippen LogP contribution >= 0.6 is 0 Å². The van der Waals surface area contributed by atoms with Gasteiger partial charge in [0.1, 0.15) is 5.65 Å². The van der Waals surface area contributed by atoms with Crippen LogP contribution in [0.5, 0.6) is 0 Å². The average molecular weight is 412 g/mol. The Morgan fingerprint density at radius 2 is 2.07 bits per heavy atom. The fourth-order valence-electron chi connectivity index (χ4n) is 4.42. The fourth-order valence-corrected chi connectivity index (χ4v) is 4.42. The lowest BCUT2D eigenvalue weighted by Crippen LogP contribution is -2.36. The summed E-state index contributed by atoms with van der Waals surface area (Å²) in [5.41, 5.74) is 6.25. The molecule has 0 bridgehead atoms. The maximum absolute atomic E-state index is 6.04. The molecule has 0 N–H and O–H groups in total. The number of morpholine rings is 1. The number of fused-ring (bicyclic) bond motifs is 1. The molecule has 2 saturated heterocycles. The largest absolute Gasteiger partial charge is 0.378 e. The summed E-state index contributed by atoms with van der Waals surface area (Å²) in [5, 5.41) is 4.63. The minimum atomic E-state index is -0.0228. The standard InChI is InChI=1S/C22H29N5O3/c1-16-19(15-28-2)24-22-18(13-17(14-26(16)22)25-8-11-29-12-9-25)20-6-7-23-27(20)21-5-3-4-10-30-21/h6-7,13-14,21H,3-5,8-12,15H2,1-2H3. The minimum Gasteiger partial charge on any atom is -0.378 e. The van der Waals surface area contributed by atoms with Gasteiger partial charge in [0.05, 0.1) is 36.9 Å². The lowest BCUT2D eigenvalue weighted by molar-refractivity contribution is -0.0383. The van der Waals surface area contributed by atoms with Crippen LogP contribution in [0.3, 0.4) is 0 Å². The van der Waals surface area contributed by atoms with Gasteiger partial charge >= 0.3 is 0 Å². The number of ether oxygens (including phenoxy) is 3. The highest BCUT2D eigenvalue weighted by atomic mass is 16.5. The second kappa shape index (κ2) is 8.37. The topological polar surface area (TPSA) is 66.0 Å². The van der Waals surface area contributed by atoms with Gasteiger partial charge < -0.3 is 23.5 Å². The Balaban J connectivity index is 1.66. The third-order valence-electron chi connectivity index (χ3n) is 6.07. The highest BCUT2D eigenvalue weighted by molar-refractivity contribution is 5.79. The molecule has 2 aliphatic rings. The molecule has 0 spiro atoms. The Hall–Kier alpha value is -2.42. The van der Waals surface area contributed by atoms with Crippen molar-refractivity contribution in [2.75, 3.05) is 44.9 Å². The van der Waals surface area contributed by atoms with Crippen LogP contribution in [0, 0.1) is 6.92 Å². The zero-order valence-electron chi connectivity index (χ0n) is 17.7. The van der Waals surface area contributed by atoms with Crippen molar-refractivity contribution in [2.45, 2.75) is 39.0 Å². The molecule has 8 nitrogen and oxygen atoms in total. The van der Waals surface area contributed by atoms with E-state index in [0.717, 1.165) is 80.5 Å². The van der Waals surface area contributed by atoms with Crippen molar-refractivity contribution in [3.8, 4) is 11.3 Å². The van der Waals surface area contributed by atoms with Gasteiger partial charge in [0.15, 0.2) is 6.23 Å². The molecule has 0 aromatic carbocycles. The van der Waals surface area contributed by atoms with Gasteiger partial charge in [0.25, 0.3) is 0 Å². The molecule has 160 valence electrons. The van der Waals surface area contributed by atoms with Crippen molar-refractivity contribution < 1.29 is 14.2 Å². The Morgan fingerprint density at radius 1 is 1.20 bits per heavy atom. The van der Waals surface area contributed by atoms with Gasteiger partial charge in [-0.05, 0) is 38.3 Å². The maximum Gasteiger partial charge on any atom is 0.150 e. The summed E-state index contributed by atoms with van der Waals surface area (Å²) in [7, 11) is 1.71. The Labute approximate surface area is 176 Å². The van der Waals surface area contributed by atoms with Gasteiger partial charge in [-0.25, -0.2) is 9.67 Å². The number of nitrogens with zero attached hydrogens (tertiary/aromatic N) is 5. The zero-order chi connectivity index (χ0) is 20.5. The van der Waals surface area contributed by atoms with Gasteiger partial charge in [-0.1, -0.05) is 0 Å². The van der Waals surface area contributed by atoms with Gasteiger partial charge in [-0.15, -0.1) is 0 Å². The second-order valence-corrected chi connectivity index (χ2v) is 7.96. The van der Waals surface area contributed by atoms with Crippen LogP contribution in [0.4, 0.5) is 5.69 Å². The number of rotatable bonds is 5. The van der Waals surface area contributed by atoms with Crippen molar-refractivity contribution in [1.82, 2.24) is 19.2 Å². The van der Waals surface area contributed by atoms with Crippen molar-refractivity contribution in [3.05, 3.63) is 35.9 Å². The monoisotopic (exact) mass is 411 g/mol. The molecular weight excluding hydrogens is 382 g/mol. The van der Waals surface area contributed by atoms with E-state index in [-0.39, 0.29) is 6.23 Å². The average Bonchev–Trinajstić information content (AvgIpc) is 3.40. The Bertz CT molecular complexity index is 1020. The number of methoxy groups -OCH3 is 1. The molecule has 3 aromatic rings. The number of aryl methyl sites for hydroxylation is 1. The van der Waals surface area contributed by atoms with Gasteiger partial charge in [-0.2, -0.15) is 5.10 Å². The van der Waals surface area contributed by atoms with Crippen LogP contribution in [0.2, 0.25) is 0 Å². The first-order chi connectivity index (χ1) is 14.8. The molecule has 30 heavy (non-hydrogen) atoms. The molecule has 5 rings (SSSR count). The number of hydrogen-bond donors (Lipinski definition) is 0. The van der Waals surface area contributed by atoms with E-state index in [2.05, 4.69) is 39.7 Å². The first kappa shape index (κ1) is 19.5. The molecule has 2 aliphatic heterocycles. The van der Waals surface area contributed by atoms with Crippen molar-refractivity contribution in [3.63, 3.8) is 0 Å². The normalized spacial score (nSPS) is 20.2. The summed E-state index contributed by atoms with van der Waals surface area (Å²) < 4.78 is 21.2. The quantitative estimate of drug-likeness (QED) is 0.642. The fraction of sp³-hybridized carbons (Fsp3) is 0.545. The van der Waals surface area contributed by atoms with Crippen LogP contribution in [0.15, 0.2) is 24.5 Å². The third kappa shape index (κ3) is 3.49. The van der Waals surface area contributed by atoms with Crippen molar-refractivity contribution >= 4 is 11.3 Å². The predicted octanol–water partition coefficient (Wildman–Crippen LogP) is 3.19. The summed E-state index contributed by atoms with van der Waals surface area (Å²) in [4.78, 5) is 7.32.